The Kier molecular flexibility index (Phi) is 3.50. The van der Waals surface area contributed by atoms with Crippen molar-refractivity contribution < 1.29 is 0 Å². The predicted molar refractivity (Wildman–Crippen MR) is 73.2 cm³/mol. The van der Waals surface area contributed by atoms with Gasteiger partial charge in [-0.25, -0.2) is 4.98 Å². The Balaban J connectivity index is 2.43. The summed E-state index contributed by atoms with van der Waals surface area (Å²) in [6.45, 7) is 2.03. The first-order valence-corrected chi connectivity index (χ1v) is 5.86. The van der Waals surface area contributed by atoms with Crippen LogP contribution >= 0.6 is 11.6 Å². The molecule has 0 aliphatic heterocycles. The molecule has 90 valence electrons. The highest BCUT2D eigenvalue weighted by atomic mass is 35.5. The van der Waals surface area contributed by atoms with E-state index < -0.39 is 0 Å². The third kappa shape index (κ3) is 2.61. The van der Waals surface area contributed by atoms with Crippen molar-refractivity contribution in [2.45, 2.75) is 6.92 Å². The first-order valence-electron chi connectivity index (χ1n) is 5.48. The summed E-state index contributed by atoms with van der Waals surface area (Å²) >= 11 is 5.90. The van der Waals surface area contributed by atoms with Gasteiger partial charge in [0.25, 0.3) is 0 Å². The van der Waals surface area contributed by atoms with Crippen LogP contribution in [0.2, 0.25) is 5.15 Å². The summed E-state index contributed by atoms with van der Waals surface area (Å²) in [6.07, 6.45) is 0. The van der Waals surface area contributed by atoms with Gasteiger partial charge in [0.1, 0.15) is 11.0 Å². The van der Waals surface area contributed by atoms with Gasteiger partial charge in [0.05, 0.1) is 11.6 Å². The van der Waals surface area contributed by atoms with Crippen molar-refractivity contribution in [3.8, 4) is 6.07 Å². The zero-order valence-corrected chi connectivity index (χ0v) is 10.9. The molecule has 1 heterocycles. The second-order valence-electron chi connectivity index (χ2n) is 4.05. The first-order chi connectivity index (χ1) is 8.60. The van der Waals surface area contributed by atoms with Gasteiger partial charge in [-0.3, -0.25) is 0 Å². The number of nitrogens with zero attached hydrogens (tertiary/aromatic N) is 3. The molecule has 0 spiro atoms. The molecular weight excluding hydrogens is 246 g/mol. The van der Waals surface area contributed by atoms with Crippen LogP contribution in [0.1, 0.15) is 11.1 Å². The SMILES string of the molecule is Cc1cccc(N(C)c2cc(C#N)cc(Cl)n2)c1. The molecule has 18 heavy (non-hydrogen) atoms. The first kappa shape index (κ1) is 12.4. The van der Waals surface area contributed by atoms with Gasteiger partial charge in [0, 0.05) is 12.7 Å². The summed E-state index contributed by atoms with van der Waals surface area (Å²) in [7, 11) is 1.90. The Bertz CT molecular complexity index is 617. The van der Waals surface area contributed by atoms with E-state index in [-0.39, 0.29) is 0 Å². The lowest BCUT2D eigenvalue weighted by Crippen LogP contribution is -2.11. The van der Waals surface area contributed by atoms with Crippen LogP contribution in [0.25, 0.3) is 0 Å². The summed E-state index contributed by atoms with van der Waals surface area (Å²) in [4.78, 5) is 6.13. The van der Waals surface area contributed by atoms with Crippen LogP contribution in [0.15, 0.2) is 36.4 Å². The Labute approximate surface area is 111 Å². The number of hydrogen-bond donors (Lipinski definition) is 0. The lowest BCUT2D eigenvalue weighted by atomic mass is 10.2. The van der Waals surface area contributed by atoms with Crippen molar-refractivity contribution in [2.24, 2.45) is 0 Å². The maximum atomic E-state index is 8.93. The summed E-state index contributed by atoms with van der Waals surface area (Å²) in [5, 5.41) is 9.25. The van der Waals surface area contributed by atoms with E-state index >= 15 is 0 Å². The van der Waals surface area contributed by atoms with Crippen molar-refractivity contribution in [3.63, 3.8) is 0 Å². The number of aromatic nitrogens is 1. The molecule has 0 saturated heterocycles. The Morgan fingerprint density at radius 2 is 2.06 bits per heavy atom. The predicted octanol–water partition coefficient (Wildman–Crippen LogP) is 3.68. The van der Waals surface area contributed by atoms with Crippen molar-refractivity contribution in [3.05, 3.63) is 52.7 Å². The molecule has 2 rings (SSSR count). The second kappa shape index (κ2) is 5.07. The summed E-state index contributed by atoms with van der Waals surface area (Å²) in [6, 6.07) is 13.4. The van der Waals surface area contributed by atoms with Gasteiger partial charge >= 0.3 is 0 Å². The van der Waals surface area contributed by atoms with E-state index in [1.807, 2.05) is 37.1 Å². The molecule has 0 aliphatic rings. The summed E-state index contributed by atoms with van der Waals surface area (Å²) < 4.78 is 0. The molecule has 2 aromatic rings. The number of pyridine rings is 1. The largest absolute Gasteiger partial charge is 0.329 e. The molecular formula is C14H12ClN3. The molecule has 0 aliphatic carbocycles. The summed E-state index contributed by atoms with van der Waals surface area (Å²) in [5.74, 6) is 0.657. The van der Waals surface area contributed by atoms with Crippen LogP contribution in [0.5, 0.6) is 0 Å². The molecule has 4 heteroatoms. The van der Waals surface area contributed by atoms with Crippen molar-refractivity contribution in [1.82, 2.24) is 4.98 Å². The number of rotatable bonds is 2. The maximum absolute atomic E-state index is 8.93. The quantitative estimate of drug-likeness (QED) is 0.771. The van der Waals surface area contributed by atoms with E-state index in [9.17, 15) is 0 Å². The van der Waals surface area contributed by atoms with E-state index in [1.165, 1.54) is 5.56 Å². The molecule has 3 nitrogen and oxygen atoms in total. The fraction of sp³-hybridized carbons (Fsp3) is 0.143. The highest BCUT2D eigenvalue weighted by Crippen LogP contribution is 2.24. The molecule has 0 saturated carbocycles. The maximum Gasteiger partial charge on any atom is 0.135 e. The zero-order valence-electron chi connectivity index (χ0n) is 10.2. The topological polar surface area (TPSA) is 39.9 Å². The monoisotopic (exact) mass is 257 g/mol. The molecule has 0 fully saturated rings. The van der Waals surface area contributed by atoms with Crippen LogP contribution in [0.4, 0.5) is 11.5 Å². The van der Waals surface area contributed by atoms with E-state index in [0.29, 0.717) is 16.5 Å². The lowest BCUT2D eigenvalue weighted by molar-refractivity contribution is 1.12. The average molecular weight is 258 g/mol. The van der Waals surface area contributed by atoms with E-state index in [0.717, 1.165) is 5.69 Å². The highest BCUT2D eigenvalue weighted by Gasteiger charge is 2.08. The van der Waals surface area contributed by atoms with Gasteiger partial charge in [0.2, 0.25) is 0 Å². The number of halogens is 1. The Morgan fingerprint density at radius 1 is 1.28 bits per heavy atom. The number of aryl methyl sites for hydroxylation is 1. The normalized spacial score (nSPS) is 9.89. The van der Waals surface area contributed by atoms with Crippen LogP contribution < -0.4 is 4.90 Å². The zero-order chi connectivity index (χ0) is 13.1. The minimum absolute atomic E-state index is 0.323. The minimum Gasteiger partial charge on any atom is -0.329 e. The van der Waals surface area contributed by atoms with Crippen LogP contribution in [0.3, 0.4) is 0 Å². The highest BCUT2D eigenvalue weighted by molar-refractivity contribution is 6.29. The van der Waals surface area contributed by atoms with E-state index in [2.05, 4.69) is 17.1 Å². The third-order valence-corrected chi connectivity index (χ3v) is 2.84. The molecule has 1 aromatic carbocycles. The van der Waals surface area contributed by atoms with Crippen molar-refractivity contribution in [1.29, 1.82) is 5.26 Å². The average Bonchev–Trinajstić information content (AvgIpc) is 2.37. The van der Waals surface area contributed by atoms with Gasteiger partial charge in [-0.1, -0.05) is 23.7 Å². The van der Waals surface area contributed by atoms with Crippen LogP contribution in [-0.2, 0) is 0 Å². The standard InChI is InChI=1S/C14H12ClN3/c1-10-4-3-5-12(6-10)18(2)14-8-11(9-16)7-13(15)17-14/h3-8H,1-2H3. The fourth-order valence-electron chi connectivity index (χ4n) is 1.69. The molecule has 0 N–H and O–H groups in total. The number of benzene rings is 1. The Hall–Kier alpha value is -2.05. The Morgan fingerprint density at radius 3 is 2.72 bits per heavy atom. The van der Waals surface area contributed by atoms with E-state index in [4.69, 9.17) is 16.9 Å². The molecule has 0 radical (unpaired) electrons. The molecule has 0 bridgehead atoms. The lowest BCUT2D eigenvalue weighted by Gasteiger charge is -2.19. The van der Waals surface area contributed by atoms with Gasteiger partial charge in [-0.2, -0.15) is 5.26 Å². The number of anilines is 2. The van der Waals surface area contributed by atoms with E-state index in [1.54, 1.807) is 12.1 Å². The minimum atomic E-state index is 0.323. The molecule has 0 unspecified atom stereocenters. The number of hydrogen-bond acceptors (Lipinski definition) is 3. The molecule has 0 amide bonds. The van der Waals surface area contributed by atoms with Crippen molar-refractivity contribution >= 4 is 23.1 Å². The van der Waals surface area contributed by atoms with Gasteiger partial charge in [0.15, 0.2) is 0 Å². The fourth-order valence-corrected chi connectivity index (χ4v) is 1.89. The van der Waals surface area contributed by atoms with Crippen LogP contribution in [-0.4, -0.2) is 12.0 Å². The molecule has 0 atom stereocenters. The van der Waals surface area contributed by atoms with Crippen molar-refractivity contribution in [2.75, 3.05) is 11.9 Å². The molecule has 1 aromatic heterocycles. The number of nitriles is 1. The second-order valence-corrected chi connectivity index (χ2v) is 4.43. The van der Waals surface area contributed by atoms with Gasteiger partial charge < -0.3 is 4.90 Å². The summed E-state index contributed by atoms with van der Waals surface area (Å²) in [5.41, 5.74) is 2.68. The smallest absolute Gasteiger partial charge is 0.135 e. The third-order valence-electron chi connectivity index (χ3n) is 2.64. The van der Waals surface area contributed by atoms with Gasteiger partial charge in [-0.15, -0.1) is 0 Å². The van der Waals surface area contributed by atoms with Crippen LogP contribution in [0, 0.1) is 18.3 Å². The van der Waals surface area contributed by atoms with Gasteiger partial charge in [-0.05, 0) is 36.8 Å².